The van der Waals surface area contributed by atoms with Crippen LogP contribution in [0.25, 0.3) is 0 Å². The summed E-state index contributed by atoms with van der Waals surface area (Å²) in [6.45, 7) is 11.0. The molecule has 1 N–H and O–H groups in total. The minimum absolute atomic E-state index is 0.242. The Balaban J connectivity index is 2.82. The number of hydrogen-bond donors (Lipinski definition) is 1. The zero-order valence-corrected chi connectivity index (χ0v) is 7.72. The lowest BCUT2D eigenvalue weighted by Crippen LogP contribution is -2.25. The largest absolute Gasteiger partial charge is 0.396 e. The molecule has 0 aromatic rings. The lowest BCUT2D eigenvalue weighted by Gasteiger charge is -2.29. The van der Waals surface area contributed by atoms with Gasteiger partial charge in [0.15, 0.2) is 0 Å². The number of aliphatic hydroxyl groups is 1. The molecule has 0 spiro atoms. The van der Waals surface area contributed by atoms with Gasteiger partial charge in [0.1, 0.15) is 0 Å². The Hall–Kier alpha value is -0.300. The predicted octanol–water partition coefficient (Wildman–Crippen LogP) is 2.22. The highest BCUT2D eigenvalue weighted by atomic mass is 16.3. The fraction of sp³-hybridized carbons (Fsp3) is 0.800. The molecule has 1 nitrogen and oxygen atoms in total. The van der Waals surface area contributed by atoms with Gasteiger partial charge in [-0.15, -0.1) is 0 Å². The van der Waals surface area contributed by atoms with E-state index in [0.717, 1.165) is 6.42 Å². The molecule has 0 amide bonds. The highest BCUT2D eigenvalue weighted by Gasteiger charge is 2.41. The lowest BCUT2D eigenvalue weighted by atomic mass is 9.76. The molecule has 1 aliphatic rings. The van der Waals surface area contributed by atoms with Gasteiger partial charge in [0.2, 0.25) is 0 Å². The van der Waals surface area contributed by atoms with Crippen molar-refractivity contribution < 1.29 is 5.11 Å². The highest BCUT2D eigenvalue weighted by molar-refractivity contribution is 5.14. The van der Waals surface area contributed by atoms with Crippen molar-refractivity contribution in [3.05, 3.63) is 12.2 Å². The molecule has 2 atom stereocenters. The maximum Gasteiger partial charge on any atom is 0.0467 e. The Morgan fingerprint density at radius 3 is 2.36 bits per heavy atom. The van der Waals surface area contributed by atoms with Gasteiger partial charge in [-0.1, -0.05) is 32.9 Å². The van der Waals surface area contributed by atoms with E-state index in [1.54, 1.807) is 0 Å². The van der Waals surface area contributed by atoms with Crippen LogP contribution >= 0.6 is 0 Å². The van der Waals surface area contributed by atoms with Crippen molar-refractivity contribution >= 4 is 0 Å². The van der Waals surface area contributed by atoms with Crippen LogP contribution in [0.3, 0.4) is 0 Å². The topological polar surface area (TPSA) is 20.2 Å². The van der Waals surface area contributed by atoms with E-state index in [0.29, 0.717) is 18.4 Å². The van der Waals surface area contributed by atoms with E-state index in [-0.39, 0.29) is 5.41 Å². The predicted molar refractivity (Wildman–Crippen MR) is 47.3 cm³/mol. The number of aliphatic hydroxyl groups excluding tert-OH is 1. The molecule has 11 heavy (non-hydrogen) atoms. The zero-order valence-electron chi connectivity index (χ0n) is 7.72. The molecule has 0 heterocycles. The van der Waals surface area contributed by atoms with Crippen molar-refractivity contribution in [1.82, 2.24) is 0 Å². The summed E-state index contributed by atoms with van der Waals surface area (Å²) in [5, 5.41) is 9.10. The van der Waals surface area contributed by atoms with E-state index in [1.165, 1.54) is 5.57 Å². The van der Waals surface area contributed by atoms with Gasteiger partial charge in [0.05, 0.1) is 0 Å². The second-order valence-electron chi connectivity index (χ2n) is 4.28. The molecule has 1 heteroatoms. The first kappa shape index (κ1) is 8.79. The molecule has 1 fully saturated rings. The van der Waals surface area contributed by atoms with Crippen molar-refractivity contribution in [2.45, 2.75) is 27.2 Å². The first-order chi connectivity index (χ1) is 5.00. The van der Waals surface area contributed by atoms with Crippen LogP contribution in [0.4, 0.5) is 0 Å². The van der Waals surface area contributed by atoms with E-state index >= 15 is 0 Å². The molecule has 2 unspecified atom stereocenters. The summed E-state index contributed by atoms with van der Waals surface area (Å²) in [5.74, 6) is 0.977. The second kappa shape index (κ2) is 2.63. The van der Waals surface area contributed by atoms with Gasteiger partial charge in [0, 0.05) is 6.61 Å². The Morgan fingerprint density at radius 2 is 2.18 bits per heavy atom. The van der Waals surface area contributed by atoms with Crippen molar-refractivity contribution in [1.29, 1.82) is 0 Å². The summed E-state index contributed by atoms with van der Waals surface area (Å²) < 4.78 is 0. The van der Waals surface area contributed by atoms with Gasteiger partial charge in [-0.2, -0.15) is 0 Å². The van der Waals surface area contributed by atoms with Crippen LogP contribution in [-0.2, 0) is 0 Å². The van der Waals surface area contributed by atoms with Crippen molar-refractivity contribution in [2.75, 3.05) is 6.61 Å². The van der Waals surface area contributed by atoms with Crippen LogP contribution in [0, 0.1) is 17.3 Å². The smallest absolute Gasteiger partial charge is 0.0467 e. The quantitative estimate of drug-likeness (QED) is 0.574. The van der Waals surface area contributed by atoms with Gasteiger partial charge in [0.25, 0.3) is 0 Å². The molecular formula is C10H18O. The molecule has 1 aliphatic carbocycles. The molecule has 64 valence electrons. The van der Waals surface area contributed by atoms with Crippen LogP contribution in [0.15, 0.2) is 12.2 Å². The molecule has 0 aromatic heterocycles. The third-order valence-corrected chi connectivity index (χ3v) is 3.51. The normalized spacial score (nSPS) is 36.2. The number of hydrogen-bond acceptors (Lipinski definition) is 1. The Morgan fingerprint density at radius 1 is 1.64 bits per heavy atom. The average Bonchev–Trinajstić information content (AvgIpc) is 2.13. The molecule has 1 saturated carbocycles. The fourth-order valence-corrected chi connectivity index (χ4v) is 1.94. The molecule has 0 aliphatic heterocycles. The van der Waals surface area contributed by atoms with Crippen LogP contribution < -0.4 is 0 Å². The van der Waals surface area contributed by atoms with Crippen molar-refractivity contribution in [3.8, 4) is 0 Å². The maximum absolute atomic E-state index is 9.10. The van der Waals surface area contributed by atoms with Crippen molar-refractivity contribution in [2.24, 2.45) is 17.3 Å². The Labute approximate surface area is 69.1 Å². The van der Waals surface area contributed by atoms with Gasteiger partial charge < -0.3 is 5.11 Å². The second-order valence-corrected chi connectivity index (χ2v) is 4.28. The van der Waals surface area contributed by atoms with E-state index in [4.69, 9.17) is 5.11 Å². The Bertz CT molecular complexity index is 170. The van der Waals surface area contributed by atoms with Crippen LogP contribution in [0.2, 0.25) is 0 Å². The summed E-state index contributed by atoms with van der Waals surface area (Å²) >= 11 is 0. The van der Waals surface area contributed by atoms with E-state index in [9.17, 15) is 0 Å². The number of rotatable bonds is 1. The van der Waals surface area contributed by atoms with E-state index in [2.05, 4.69) is 27.4 Å². The first-order valence-corrected chi connectivity index (χ1v) is 4.28. The van der Waals surface area contributed by atoms with E-state index < -0.39 is 0 Å². The molecule has 0 aromatic carbocycles. The van der Waals surface area contributed by atoms with Gasteiger partial charge in [-0.3, -0.25) is 0 Å². The molecule has 0 radical (unpaired) electrons. The highest BCUT2D eigenvalue weighted by Crippen LogP contribution is 2.49. The molecule has 0 saturated heterocycles. The lowest BCUT2D eigenvalue weighted by molar-refractivity contribution is 0.121. The average molecular weight is 154 g/mol. The minimum Gasteiger partial charge on any atom is -0.396 e. The summed E-state index contributed by atoms with van der Waals surface area (Å²) in [5.41, 5.74) is 1.54. The minimum atomic E-state index is 0.242. The van der Waals surface area contributed by atoms with Gasteiger partial charge in [-0.05, 0) is 23.7 Å². The van der Waals surface area contributed by atoms with Crippen LogP contribution in [0.5, 0.6) is 0 Å². The van der Waals surface area contributed by atoms with Gasteiger partial charge in [-0.25, -0.2) is 0 Å². The van der Waals surface area contributed by atoms with Gasteiger partial charge >= 0.3 is 0 Å². The summed E-state index contributed by atoms with van der Waals surface area (Å²) in [6, 6.07) is 0. The number of allylic oxidation sites excluding steroid dienone is 1. The van der Waals surface area contributed by atoms with Crippen LogP contribution in [0.1, 0.15) is 27.2 Å². The zero-order chi connectivity index (χ0) is 8.65. The SMILES string of the molecule is C=C1CC(CO)C(C)(C)C1C. The molecular weight excluding hydrogens is 136 g/mol. The summed E-state index contributed by atoms with van der Waals surface area (Å²) in [6.07, 6.45) is 1.00. The summed E-state index contributed by atoms with van der Waals surface area (Å²) in [7, 11) is 0. The Kier molecular flexibility index (Phi) is 2.10. The summed E-state index contributed by atoms with van der Waals surface area (Å²) in [4.78, 5) is 0. The first-order valence-electron chi connectivity index (χ1n) is 4.28. The van der Waals surface area contributed by atoms with Crippen LogP contribution in [-0.4, -0.2) is 11.7 Å². The van der Waals surface area contributed by atoms with Crippen molar-refractivity contribution in [3.63, 3.8) is 0 Å². The van der Waals surface area contributed by atoms with E-state index in [1.807, 2.05) is 0 Å². The third-order valence-electron chi connectivity index (χ3n) is 3.51. The molecule has 0 bridgehead atoms. The standard InChI is InChI=1S/C10H18O/c1-7-5-9(6-11)10(3,4)8(7)2/h8-9,11H,1,5-6H2,2-4H3. The third kappa shape index (κ3) is 1.22. The monoisotopic (exact) mass is 154 g/mol. The maximum atomic E-state index is 9.10. The molecule has 1 rings (SSSR count). The fourth-order valence-electron chi connectivity index (χ4n) is 1.94.